The van der Waals surface area contributed by atoms with Gasteiger partial charge in [0, 0.05) is 31.5 Å². The Hall–Kier alpha value is -2.48. The maximum absolute atomic E-state index is 11.9. The molecule has 0 heterocycles. The van der Waals surface area contributed by atoms with Gasteiger partial charge in [-0.05, 0) is 36.9 Å². The van der Waals surface area contributed by atoms with Crippen LogP contribution in [0, 0.1) is 0 Å². The van der Waals surface area contributed by atoms with E-state index in [4.69, 9.17) is 0 Å². The predicted octanol–water partition coefficient (Wildman–Crippen LogP) is 2.34. The summed E-state index contributed by atoms with van der Waals surface area (Å²) in [5.74, 6) is -0.202. The Kier molecular flexibility index (Phi) is 8.38. The maximum Gasteiger partial charge on any atom is 0.233 e. The summed E-state index contributed by atoms with van der Waals surface area (Å²) in [6, 6.07) is 17.2. The Morgan fingerprint density at radius 1 is 1.00 bits per heavy atom. The molecule has 2 aromatic carbocycles. The molecule has 0 radical (unpaired) electrons. The number of sulfonamides is 1. The quantitative estimate of drug-likeness (QED) is 0.641. The van der Waals surface area contributed by atoms with Crippen molar-refractivity contribution in [3.05, 3.63) is 76.7 Å². The topological polar surface area (TPSA) is 78.5 Å². The lowest BCUT2D eigenvalue weighted by molar-refractivity contribution is -0.121. The minimum Gasteiger partial charge on any atom is -0.352 e. The van der Waals surface area contributed by atoms with Gasteiger partial charge in [0.25, 0.3) is 0 Å². The van der Waals surface area contributed by atoms with E-state index in [2.05, 4.69) is 14.9 Å². The van der Waals surface area contributed by atoms with E-state index < -0.39 is 10.0 Å². The van der Waals surface area contributed by atoms with Crippen LogP contribution in [0.3, 0.4) is 0 Å². The summed E-state index contributed by atoms with van der Waals surface area (Å²) in [6.07, 6.45) is 1.60. The number of hydrogen-bond donors (Lipinski definition) is 2. The molecule has 150 valence electrons. The van der Waals surface area contributed by atoms with Gasteiger partial charge in [0.2, 0.25) is 15.9 Å². The van der Waals surface area contributed by atoms with Crippen LogP contribution in [0.25, 0.3) is 6.08 Å². The van der Waals surface area contributed by atoms with Crippen LogP contribution in [-0.4, -0.2) is 39.9 Å². The number of hydrogen-bond acceptors (Lipinski definition) is 4. The van der Waals surface area contributed by atoms with Crippen LogP contribution in [0.5, 0.6) is 0 Å². The highest BCUT2D eigenvalue weighted by Gasteiger charge is 2.07. The SMILES string of the molecule is CN(C)Cc1ccc(CNC(=O)CCNS(=O)(=O)/C=C/c2ccccc2)cc1. The fourth-order valence-corrected chi connectivity index (χ4v) is 3.32. The van der Waals surface area contributed by atoms with Crippen molar-refractivity contribution < 1.29 is 13.2 Å². The van der Waals surface area contributed by atoms with Crippen LogP contribution in [0.1, 0.15) is 23.1 Å². The van der Waals surface area contributed by atoms with Crippen LogP contribution < -0.4 is 10.0 Å². The van der Waals surface area contributed by atoms with Gasteiger partial charge in [0.15, 0.2) is 0 Å². The zero-order valence-electron chi connectivity index (χ0n) is 16.3. The molecule has 7 heteroatoms. The van der Waals surface area contributed by atoms with Crippen LogP contribution in [0.4, 0.5) is 0 Å². The molecule has 1 amide bonds. The van der Waals surface area contributed by atoms with Crippen molar-refractivity contribution in [2.45, 2.75) is 19.5 Å². The molecule has 0 unspecified atom stereocenters. The van der Waals surface area contributed by atoms with E-state index in [1.807, 2.05) is 68.7 Å². The Balaban J connectivity index is 1.71. The molecule has 28 heavy (non-hydrogen) atoms. The maximum atomic E-state index is 11.9. The summed E-state index contributed by atoms with van der Waals surface area (Å²) >= 11 is 0. The summed E-state index contributed by atoms with van der Waals surface area (Å²) in [5.41, 5.74) is 3.00. The molecule has 0 aliphatic carbocycles. The van der Waals surface area contributed by atoms with Gasteiger partial charge in [-0.1, -0.05) is 54.6 Å². The lowest BCUT2D eigenvalue weighted by Gasteiger charge is -2.10. The van der Waals surface area contributed by atoms with E-state index in [0.717, 1.165) is 23.1 Å². The molecule has 0 aliphatic heterocycles. The van der Waals surface area contributed by atoms with Crippen molar-refractivity contribution in [2.24, 2.45) is 0 Å². The van der Waals surface area contributed by atoms with E-state index in [9.17, 15) is 13.2 Å². The minimum absolute atomic E-state index is 0.0507. The van der Waals surface area contributed by atoms with Gasteiger partial charge in [0.1, 0.15) is 0 Å². The molecule has 6 nitrogen and oxygen atoms in total. The fraction of sp³-hybridized carbons (Fsp3) is 0.286. The van der Waals surface area contributed by atoms with Crippen LogP contribution >= 0.6 is 0 Å². The van der Waals surface area contributed by atoms with Gasteiger partial charge in [-0.25, -0.2) is 13.1 Å². The lowest BCUT2D eigenvalue weighted by atomic mass is 10.1. The van der Waals surface area contributed by atoms with Crippen LogP contribution in [0.15, 0.2) is 60.0 Å². The second kappa shape index (κ2) is 10.8. The van der Waals surface area contributed by atoms with Crippen molar-refractivity contribution in [1.82, 2.24) is 14.9 Å². The molecule has 0 saturated carbocycles. The number of rotatable bonds is 10. The molecular formula is C21H27N3O3S. The second-order valence-corrected chi connectivity index (χ2v) is 8.38. The van der Waals surface area contributed by atoms with Crippen molar-refractivity contribution in [3.63, 3.8) is 0 Å². The van der Waals surface area contributed by atoms with Crippen LogP contribution in [-0.2, 0) is 27.9 Å². The average Bonchev–Trinajstić information content (AvgIpc) is 2.66. The van der Waals surface area contributed by atoms with E-state index in [0.29, 0.717) is 6.54 Å². The van der Waals surface area contributed by atoms with E-state index >= 15 is 0 Å². The molecule has 0 saturated heterocycles. The van der Waals surface area contributed by atoms with Crippen molar-refractivity contribution in [2.75, 3.05) is 20.6 Å². The van der Waals surface area contributed by atoms with Gasteiger partial charge in [0.05, 0.1) is 0 Å². The highest BCUT2D eigenvalue weighted by atomic mass is 32.2. The van der Waals surface area contributed by atoms with E-state index in [-0.39, 0.29) is 18.9 Å². The molecule has 0 aliphatic rings. The molecule has 0 atom stereocenters. The molecular weight excluding hydrogens is 374 g/mol. The fourth-order valence-electron chi connectivity index (χ4n) is 2.50. The predicted molar refractivity (Wildman–Crippen MR) is 113 cm³/mol. The number of benzene rings is 2. The minimum atomic E-state index is -3.57. The average molecular weight is 402 g/mol. The number of nitrogens with one attached hydrogen (secondary N) is 2. The monoisotopic (exact) mass is 401 g/mol. The first-order valence-electron chi connectivity index (χ1n) is 9.06. The Morgan fingerprint density at radius 2 is 1.64 bits per heavy atom. The Morgan fingerprint density at radius 3 is 2.29 bits per heavy atom. The third-order valence-electron chi connectivity index (χ3n) is 3.91. The first-order chi connectivity index (χ1) is 13.3. The van der Waals surface area contributed by atoms with Crippen molar-refractivity contribution in [1.29, 1.82) is 0 Å². The highest BCUT2D eigenvalue weighted by Crippen LogP contribution is 2.06. The second-order valence-electron chi connectivity index (χ2n) is 6.73. The first-order valence-corrected chi connectivity index (χ1v) is 10.6. The number of amides is 1. The van der Waals surface area contributed by atoms with Gasteiger partial charge in [-0.2, -0.15) is 0 Å². The van der Waals surface area contributed by atoms with Gasteiger partial charge >= 0.3 is 0 Å². The van der Waals surface area contributed by atoms with Crippen molar-refractivity contribution in [3.8, 4) is 0 Å². The Bertz CT molecular complexity index is 877. The largest absolute Gasteiger partial charge is 0.352 e. The zero-order valence-corrected chi connectivity index (χ0v) is 17.1. The smallest absolute Gasteiger partial charge is 0.233 e. The van der Waals surface area contributed by atoms with Crippen LogP contribution in [0.2, 0.25) is 0 Å². The molecule has 0 aromatic heterocycles. The standard InChI is InChI=1S/C21H27N3O3S/c1-24(2)17-20-10-8-19(9-11-20)16-22-21(25)12-14-23-28(26,27)15-13-18-6-4-3-5-7-18/h3-11,13,15,23H,12,14,16-17H2,1-2H3,(H,22,25)/b15-13+. The highest BCUT2D eigenvalue weighted by molar-refractivity contribution is 7.92. The Labute approximate surface area is 167 Å². The van der Waals surface area contributed by atoms with Gasteiger partial charge in [-0.3, -0.25) is 4.79 Å². The molecule has 2 N–H and O–H groups in total. The molecule has 0 fully saturated rings. The molecule has 0 bridgehead atoms. The van der Waals surface area contributed by atoms with E-state index in [1.54, 1.807) is 0 Å². The molecule has 2 aromatic rings. The number of carbonyl (C=O) groups is 1. The summed E-state index contributed by atoms with van der Waals surface area (Å²) in [6.45, 7) is 1.34. The number of carbonyl (C=O) groups excluding carboxylic acids is 1. The third kappa shape index (κ3) is 8.47. The lowest BCUT2D eigenvalue weighted by Crippen LogP contribution is -2.29. The van der Waals surface area contributed by atoms with Crippen molar-refractivity contribution >= 4 is 22.0 Å². The number of nitrogens with zero attached hydrogens (tertiary/aromatic N) is 1. The van der Waals surface area contributed by atoms with Gasteiger partial charge < -0.3 is 10.2 Å². The molecule has 2 rings (SSSR count). The first kappa shape index (κ1) is 21.8. The summed E-state index contributed by atoms with van der Waals surface area (Å²) in [7, 11) is 0.456. The third-order valence-corrected chi connectivity index (χ3v) is 5.01. The zero-order chi connectivity index (χ0) is 20.4. The summed E-state index contributed by atoms with van der Waals surface area (Å²) in [4.78, 5) is 14.0. The van der Waals surface area contributed by atoms with E-state index in [1.165, 1.54) is 11.6 Å². The summed E-state index contributed by atoms with van der Waals surface area (Å²) < 4.78 is 26.3. The van der Waals surface area contributed by atoms with Gasteiger partial charge in [-0.15, -0.1) is 0 Å². The molecule has 0 spiro atoms. The summed E-state index contributed by atoms with van der Waals surface area (Å²) in [5, 5.41) is 3.91. The normalized spacial score (nSPS) is 11.8.